The number of carbonyl (C=O) groups excluding carboxylic acids is 1. The first kappa shape index (κ1) is 12.1. The van der Waals surface area contributed by atoms with E-state index in [2.05, 4.69) is 15.3 Å². The van der Waals surface area contributed by atoms with Crippen LogP contribution in [0.4, 0.5) is 5.82 Å². The fraction of sp³-hybridized carbons (Fsp3) is 0.182. The third-order valence-corrected chi connectivity index (χ3v) is 2.56. The Bertz CT molecular complexity index is 559. The molecule has 17 heavy (non-hydrogen) atoms. The van der Waals surface area contributed by atoms with Crippen LogP contribution >= 0.6 is 23.2 Å². The zero-order valence-corrected chi connectivity index (χ0v) is 10.3. The molecule has 1 aromatic heterocycles. The van der Waals surface area contributed by atoms with Crippen molar-refractivity contribution in [3.63, 3.8) is 0 Å². The van der Waals surface area contributed by atoms with Gasteiger partial charge in [-0.3, -0.25) is 4.79 Å². The van der Waals surface area contributed by atoms with Crippen LogP contribution in [0.5, 0.6) is 0 Å². The third-order valence-electron chi connectivity index (χ3n) is 2.11. The van der Waals surface area contributed by atoms with Gasteiger partial charge in [-0.2, -0.15) is 0 Å². The van der Waals surface area contributed by atoms with Gasteiger partial charge < -0.3 is 5.32 Å². The first-order valence-corrected chi connectivity index (χ1v) is 5.90. The lowest BCUT2D eigenvalue weighted by atomic mass is 10.3. The Morgan fingerprint density at radius 3 is 2.53 bits per heavy atom. The number of halogens is 2. The number of hydrogen-bond acceptors (Lipinski definition) is 3. The van der Waals surface area contributed by atoms with E-state index in [0.717, 1.165) is 0 Å². The van der Waals surface area contributed by atoms with Crippen molar-refractivity contribution in [1.29, 1.82) is 0 Å². The Morgan fingerprint density at radius 2 is 1.88 bits per heavy atom. The number of nitrogens with zero attached hydrogens (tertiary/aromatic N) is 2. The monoisotopic (exact) mass is 269 g/mol. The second-order valence-electron chi connectivity index (χ2n) is 3.34. The molecule has 1 amide bonds. The molecule has 1 aromatic carbocycles. The number of benzene rings is 1. The number of hydrogen-bond donors (Lipinski definition) is 1. The van der Waals surface area contributed by atoms with Gasteiger partial charge >= 0.3 is 0 Å². The molecular weight excluding hydrogens is 261 g/mol. The highest BCUT2D eigenvalue weighted by molar-refractivity contribution is 6.32. The second-order valence-corrected chi connectivity index (χ2v) is 4.07. The maximum atomic E-state index is 11.4. The van der Waals surface area contributed by atoms with Gasteiger partial charge in [-0.05, 0) is 12.1 Å². The molecule has 1 heterocycles. The summed E-state index contributed by atoms with van der Waals surface area (Å²) in [4.78, 5) is 19.8. The predicted molar refractivity (Wildman–Crippen MR) is 68.5 cm³/mol. The highest BCUT2D eigenvalue weighted by atomic mass is 35.5. The number of carbonyl (C=O) groups is 1. The number of nitrogens with one attached hydrogen (secondary N) is 1. The van der Waals surface area contributed by atoms with Crippen molar-refractivity contribution >= 4 is 46.0 Å². The first-order chi connectivity index (χ1) is 8.20. The van der Waals surface area contributed by atoms with E-state index in [0.29, 0.717) is 11.0 Å². The molecule has 0 spiro atoms. The SMILES string of the molecule is O=C(CCCl)Nc1nc2ccccc2nc1Cl. The van der Waals surface area contributed by atoms with E-state index in [1.165, 1.54) is 0 Å². The number of rotatable bonds is 3. The standard InChI is InChI=1S/C11H9Cl2N3O/c12-6-5-9(17)16-11-10(13)14-7-3-1-2-4-8(7)15-11/h1-4H,5-6H2,(H,15,16,17). The molecule has 0 saturated heterocycles. The van der Waals surface area contributed by atoms with Crippen molar-refractivity contribution in [2.75, 3.05) is 11.2 Å². The molecule has 2 aromatic rings. The average Bonchev–Trinajstić information content (AvgIpc) is 2.30. The number of para-hydroxylation sites is 2. The molecule has 0 aliphatic carbocycles. The molecule has 0 bridgehead atoms. The molecule has 0 aliphatic heterocycles. The van der Waals surface area contributed by atoms with Crippen LogP contribution in [-0.2, 0) is 4.79 Å². The number of aromatic nitrogens is 2. The minimum absolute atomic E-state index is 0.173. The van der Waals surface area contributed by atoms with E-state index in [1.54, 1.807) is 12.1 Å². The van der Waals surface area contributed by atoms with Gasteiger partial charge in [0.15, 0.2) is 11.0 Å². The number of anilines is 1. The van der Waals surface area contributed by atoms with Crippen molar-refractivity contribution in [3.05, 3.63) is 29.4 Å². The summed E-state index contributed by atoms with van der Waals surface area (Å²) < 4.78 is 0. The summed E-state index contributed by atoms with van der Waals surface area (Å²) in [5, 5.41) is 2.75. The van der Waals surface area contributed by atoms with E-state index in [1.807, 2.05) is 12.1 Å². The zero-order chi connectivity index (χ0) is 12.3. The molecule has 0 atom stereocenters. The molecule has 0 saturated carbocycles. The number of alkyl halides is 1. The van der Waals surface area contributed by atoms with Crippen molar-refractivity contribution in [2.45, 2.75) is 6.42 Å². The van der Waals surface area contributed by atoms with E-state index < -0.39 is 0 Å². The van der Waals surface area contributed by atoms with Crippen LogP contribution < -0.4 is 5.32 Å². The predicted octanol–water partition coefficient (Wildman–Crippen LogP) is 2.85. The smallest absolute Gasteiger partial charge is 0.226 e. The second kappa shape index (κ2) is 5.29. The van der Waals surface area contributed by atoms with E-state index in [-0.39, 0.29) is 29.2 Å². The molecular formula is C11H9Cl2N3O. The van der Waals surface area contributed by atoms with Crippen LogP contribution in [0.2, 0.25) is 5.15 Å². The molecule has 0 unspecified atom stereocenters. The van der Waals surface area contributed by atoms with Crippen molar-refractivity contribution in [2.24, 2.45) is 0 Å². The lowest BCUT2D eigenvalue weighted by Crippen LogP contribution is -2.13. The highest BCUT2D eigenvalue weighted by Gasteiger charge is 2.09. The number of fused-ring (bicyclic) bond motifs is 1. The van der Waals surface area contributed by atoms with E-state index in [9.17, 15) is 4.79 Å². The van der Waals surface area contributed by atoms with E-state index >= 15 is 0 Å². The lowest BCUT2D eigenvalue weighted by Gasteiger charge is -2.06. The maximum absolute atomic E-state index is 11.4. The van der Waals surface area contributed by atoms with Gasteiger partial charge in [0.1, 0.15) is 0 Å². The topological polar surface area (TPSA) is 54.9 Å². The molecule has 4 nitrogen and oxygen atoms in total. The Morgan fingerprint density at radius 1 is 1.24 bits per heavy atom. The number of amides is 1. The highest BCUT2D eigenvalue weighted by Crippen LogP contribution is 2.20. The largest absolute Gasteiger partial charge is 0.308 e. The first-order valence-electron chi connectivity index (χ1n) is 4.99. The molecule has 88 valence electrons. The fourth-order valence-corrected chi connectivity index (χ4v) is 1.69. The summed E-state index contributed by atoms with van der Waals surface area (Å²) in [5.74, 6) is 0.289. The maximum Gasteiger partial charge on any atom is 0.226 e. The summed E-state index contributed by atoms with van der Waals surface area (Å²) in [7, 11) is 0. The minimum atomic E-state index is -0.230. The van der Waals surface area contributed by atoms with Crippen molar-refractivity contribution in [3.8, 4) is 0 Å². The molecule has 1 N–H and O–H groups in total. The van der Waals surface area contributed by atoms with Crippen LogP contribution in [0.3, 0.4) is 0 Å². The summed E-state index contributed by atoms with van der Waals surface area (Å²) in [6.07, 6.45) is 0.215. The van der Waals surface area contributed by atoms with Crippen LogP contribution in [0.1, 0.15) is 6.42 Å². The molecule has 2 rings (SSSR count). The van der Waals surface area contributed by atoms with Gasteiger partial charge in [-0.1, -0.05) is 23.7 Å². The van der Waals surface area contributed by atoms with Gasteiger partial charge in [-0.25, -0.2) is 9.97 Å². The molecule has 0 aliphatic rings. The third kappa shape index (κ3) is 2.84. The zero-order valence-electron chi connectivity index (χ0n) is 8.78. The Labute approximate surface area is 108 Å². The van der Waals surface area contributed by atoms with Crippen LogP contribution in [0, 0.1) is 0 Å². The summed E-state index contributed by atoms with van der Waals surface area (Å²) in [6, 6.07) is 7.29. The molecule has 6 heteroatoms. The Hall–Kier alpha value is -1.39. The van der Waals surface area contributed by atoms with Crippen LogP contribution in [-0.4, -0.2) is 21.8 Å². The van der Waals surface area contributed by atoms with Crippen molar-refractivity contribution < 1.29 is 4.79 Å². The molecule has 0 radical (unpaired) electrons. The van der Waals surface area contributed by atoms with Gasteiger partial charge in [0.25, 0.3) is 0 Å². The van der Waals surface area contributed by atoms with Gasteiger partial charge in [0, 0.05) is 12.3 Å². The normalized spacial score (nSPS) is 10.5. The molecule has 0 fully saturated rings. The van der Waals surface area contributed by atoms with Gasteiger partial charge in [-0.15, -0.1) is 11.6 Å². The van der Waals surface area contributed by atoms with Gasteiger partial charge in [0.2, 0.25) is 5.91 Å². The Kier molecular flexibility index (Phi) is 3.76. The van der Waals surface area contributed by atoms with Crippen molar-refractivity contribution in [1.82, 2.24) is 9.97 Å². The fourth-order valence-electron chi connectivity index (χ4n) is 1.34. The minimum Gasteiger partial charge on any atom is -0.308 e. The Balaban J connectivity index is 2.34. The van der Waals surface area contributed by atoms with E-state index in [4.69, 9.17) is 23.2 Å². The average molecular weight is 270 g/mol. The van der Waals surface area contributed by atoms with Crippen LogP contribution in [0.25, 0.3) is 11.0 Å². The summed E-state index contributed by atoms with van der Waals surface area (Å²) in [6.45, 7) is 0. The summed E-state index contributed by atoms with van der Waals surface area (Å²) in [5.41, 5.74) is 1.37. The van der Waals surface area contributed by atoms with Gasteiger partial charge in [0.05, 0.1) is 11.0 Å². The van der Waals surface area contributed by atoms with Crippen LogP contribution in [0.15, 0.2) is 24.3 Å². The summed E-state index contributed by atoms with van der Waals surface area (Å²) >= 11 is 11.4. The lowest BCUT2D eigenvalue weighted by molar-refractivity contribution is -0.115. The quantitative estimate of drug-likeness (QED) is 0.872.